The minimum absolute atomic E-state index is 0.833. The zero-order valence-electron chi connectivity index (χ0n) is 11.0. The summed E-state index contributed by atoms with van der Waals surface area (Å²) in [6, 6.07) is 6.38. The van der Waals surface area contributed by atoms with Crippen molar-refractivity contribution in [1.29, 1.82) is 0 Å². The Labute approximate surface area is 104 Å². The van der Waals surface area contributed by atoms with Crippen molar-refractivity contribution >= 4 is 0 Å². The van der Waals surface area contributed by atoms with Crippen molar-refractivity contribution in [3.8, 4) is 5.75 Å². The third-order valence-corrected chi connectivity index (χ3v) is 3.45. The lowest BCUT2D eigenvalue weighted by molar-refractivity contribution is -0.946. The summed E-state index contributed by atoms with van der Waals surface area (Å²) < 4.78 is 5.86. The molecule has 1 aromatic rings. The third kappa shape index (κ3) is 3.72. The van der Waals surface area contributed by atoms with Crippen LogP contribution in [0.4, 0.5) is 0 Å². The maximum absolute atomic E-state index is 5.86. The predicted molar refractivity (Wildman–Crippen MR) is 68.6 cm³/mol. The Morgan fingerprint density at radius 2 is 2.00 bits per heavy atom. The van der Waals surface area contributed by atoms with Gasteiger partial charge in [-0.05, 0) is 25.5 Å². The van der Waals surface area contributed by atoms with Gasteiger partial charge < -0.3 is 15.0 Å². The van der Waals surface area contributed by atoms with E-state index in [4.69, 9.17) is 4.74 Å². The van der Waals surface area contributed by atoms with Gasteiger partial charge in [0, 0.05) is 0 Å². The number of quaternary nitrogens is 2. The molecule has 0 radical (unpaired) electrons. The summed E-state index contributed by atoms with van der Waals surface area (Å²) in [5.41, 5.74) is 2.54. The number of nitrogens with two attached hydrogens (primary N) is 1. The number of nitrogens with one attached hydrogen (secondary N) is 1. The maximum Gasteiger partial charge on any atom is 0.137 e. The van der Waals surface area contributed by atoms with Gasteiger partial charge in [0.15, 0.2) is 0 Å². The summed E-state index contributed by atoms with van der Waals surface area (Å²) >= 11 is 0. The van der Waals surface area contributed by atoms with Gasteiger partial charge in [0.1, 0.15) is 45.1 Å². The number of hydrogen-bond donors (Lipinski definition) is 2. The van der Waals surface area contributed by atoms with Crippen LogP contribution in [0.25, 0.3) is 0 Å². The van der Waals surface area contributed by atoms with Crippen molar-refractivity contribution in [3.63, 3.8) is 0 Å². The smallest absolute Gasteiger partial charge is 0.137 e. The minimum atomic E-state index is 0.833. The van der Waals surface area contributed by atoms with E-state index in [1.807, 2.05) is 0 Å². The summed E-state index contributed by atoms with van der Waals surface area (Å²) in [4.78, 5) is 1.68. The van der Waals surface area contributed by atoms with Crippen molar-refractivity contribution in [2.45, 2.75) is 13.8 Å². The first kappa shape index (κ1) is 12.4. The van der Waals surface area contributed by atoms with E-state index in [1.165, 1.54) is 37.3 Å². The Morgan fingerprint density at radius 1 is 1.24 bits per heavy atom. The molecule has 17 heavy (non-hydrogen) atoms. The molecular formula is C14H24N2O+2. The molecule has 3 nitrogen and oxygen atoms in total. The number of aryl methyl sites for hydroxylation is 2. The Morgan fingerprint density at radius 3 is 2.71 bits per heavy atom. The van der Waals surface area contributed by atoms with Crippen molar-refractivity contribution in [1.82, 2.24) is 0 Å². The van der Waals surface area contributed by atoms with E-state index in [0.717, 1.165) is 18.9 Å². The molecule has 3 heteroatoms. The highest BCUT2D eigenvalue weighted by molar-refractivity contribution is 5.35. The lowest BCUT2D eigenvalue weighted by atomic mass is 10.1. The fourth-order valence-electron chi connectivity index (χ4n) is 2.40. The van der Waals surface area contributed by atoms with Gasteiger partial charge in [0.2, 0.25) is 0 Å². The third-order valence-electron chi connectivity index (χ3n) is 3.45. The van der Waals surface area contributed by atoms with Gasteiger partial charge in [0.05, 0.1) is 0 Å². The minimum Gasteiger partial charge on any atom is -0.487 e. The molecule has 0 saturated carbocycles. The first-order valence-electron chi connectivity index (χ1n) is 6.61. The quantitative estimate of drug-likeness (QED) is 0.700. The van der Waals surface area contributed by atoms with Gasteiger partial charge in [-0.25, -0.2) is 0 Å². The fourth-order valence-corrected chi connectivity index (χ4v) is 2.40. The van der Waals surface area contributed by atoms with Gasteiger partial charge in [-0.2, -0.15) is 0 Å². The standard InChI is InChI=1S/C14H22N2O/c1-12-3-4-14(13(2)11-12)17-10-9-16-7-5-15-6-8-16/h3-4,11,15H,5-10H2,1-2H3/p+2. The summed E-state index contributed by atoms with van der Waals surface area (Å²) in [7, 11) is 0. The topological polar surface area (TPSA) is 30.3 Å². The molecule has 1 aromatic carbocycles. The molecule has 1 saturated heterocycles. The van der Waals surface area contributed by atoms with Crippen LogP contribution < -0.4 is 15.0 Å². The number of benzene rings is 1. The van der Waals surface area contributed by atoms with Gasteiger partial charge in [-0.3, -0.25) is 0 Å². The monoisotopic (exact) mass is 236 g/mol. The molecule has 0 aliphatic carbocycles. The Kier molecular flexibility index (Phi) is 4.40. The van der Waals surface area contributed by atoms with Crippen molar-refractivity contribution in [3.05, 3.63) is 29.3 Å². The highest BCUT2D eigenvalue weighted by Crippen LogP contribution is 2.18. The van der Waals surface area contributed by atoms with E-state index in [9.17, 15) is 0 Å². The first-order valence-corrected chi connectivity index (χ1v) is 6.61. The summed E-state index contributed by atoms with van der Waals surface area (Å²) in [5.74, 6) is 1.04. The van der Waals surface area contributed by atoms with E-state index in [0.29, 0.717) is 0 Å². The number of ether oxygens (including phenoxy) is 1. The fraction of sp³-hybridized carbons (Fsp3) is 0.571. The van der Waals surface area contributed by atoms with Crippen LogP contribution in [-0.4, -0.2) is 39.3 Å². The first-order chi connectivity index (χ1) is 8.25. The largest absolute Gasteiger partial charge is 0.487 e. The highest BCUT2D eigenvalue weighted by Gasteiger charge is 2.14. The van der Waals surface area contributed by atoms with E-state index >= 15 is 0 Å². The average molecular weight is 236 g/mol. The lowest BCUT2D eigenvalue weighted by Gasteiger charge is -2.22. The van der Waals surface area contributed by atoms with Crippen LogP contribution in [0.1, 0.15) is 11.1 Å². The van der Waals surface area contributed by atoms with E-state index < -0.39 is 0 Å². The summed E-state index contributed by atoms with van der Waals surface area (Å²) in [6.07, 6.45) is 0. The second kappa shape index (κ2) is 6.03. The molecule has 1 aliphatic rings. The number of rotatable bonds is 4. The molecule has 0 aromatic heterocycles. The normalized spacial score (nSPS) is 17.1. The van der Waals surface area contributed by atoms with E-state index in [-0.39, 0.29) is 0 Å². The van der Waals surface area contributed by atoms with Crippen molar-refractivity contribution < 1.29 is 15.0 Å². The van der Waals surface area contributed by atoms with Gasteiger partial charge in [0.25, 0.3) is 0 Å². The second-order valence-electron chi connectivity index (χ2n) is 4.98. The zero-order valence-corrected chi connectivity index (χ0v) is 11.0. The summed E-state index contributed by atoms with van der Waals surface area (Å²) in [6.45, 7) is 11.3. The van der Waals surface area contributed by atoms with Gasteiger partial charge >= 0.3 is 0 Å². The molecule has 94 valence electrons. The molecular weight excluding hydrogens is 212 g/mol. The van der Waals surface area contributed by atoms with Crippen LogP contribution in [0.2, 0.25) is 0 Å². The molecule has 1 fully saturated rings. The van der Waals surface area contributed by atoms with Gasteiger partial charge in [-0.15, -0.1) is 0 Å². The molecule has 3 N–H and O–H groups in total. The Balaban J connectivity index is 1.77. The van der Waals surface area contributed by atoms with Crippen LogP contribution in [-0.2, 0) is 0 Å². The lowest BCUT2D eigenvalue weighted by Crippen LogP contribution is -3.20. The van der Waals surface area contributed by atoms with Crippen LogP contribution in [0.3, 0.4) is 0 Å². The molecule has 0 spiro atoms. The Bertz CT molecular complexity index is 359. The van der Waals surface area contributed by atoms with E-state index in [2.05, 4.69) is 37.4 Å². The molecule has 1 aliphatic heterocycles. The molecule has 0 unspecified atom stereocenters. The van der Waals surface area contributed by atoms with Crippen molar-refractivity contribution in [2.24, 2.45) is 0 Å². The Hall–Kier alpha value is -1.06. The molecule has 0 atom stereocenters. The van der Waals surface area contributed by atoms with Crippen molar-refractivity contribution in [2.75, 3.05) is 39.3 Å². The predicted octanol–water partition coefficient (Wildman–Crippen LogP) is -0.856. The summed E-state index contributed by atoms with van der Waals surface area (Å²) in [5, 5.41) is 2.40. The van der Waals surface area contributed by atoms with Crippen LogP contribution in [0, 0.1) is 13.8 Å². The van der Waals surface area contributed by atoms with E-state index in [1.54, 1.807) is 4.90 Å². The highest BCUT2D eigenvalue weighted by atomic mass is 16.5. The van der Waals surface area contributed by atoms with Crippen LogP contribution >= 0.6 is 0 Å². The average Bonchev–Trinajstić information content (AvgIpc) is 2.33. The molecule has 1 heterocycles. The SMILES string of the molecule is Cc1ccc(OCC[NH+]2CC[NH2+]CC2)c(C)c1. The van der Waals surface area contributed by atoms with Crippen LogP contribution in [0.5, 0.6) is 5.75 Å². The molecule has 2 rings (SSSR count). The molecule has 0 amide bonds. The number of piperazine rings is 1. The van der Waals surface area contributed by atoms with Crippen LogP contribution in [0.15, 0.2) is 18.2 Å². The maximum atomic E-state index is 5.86. The second-order valence-corrected chi connectivity index (χ2v) is 4.98. The zero-order chi connectivity index (χ0) is 12.1. The number of hydrogen-bond acceptors (Lipinski definition) is 1. The van der Waals surface area contributed by atoms with Gasteiger partial charge in [-0.1, -0.05) is 17.7 Å². The molecule has 0 bridgehead atoms.